The summed E-state index contributed by atoms with van der Waals surface area (Å²) < 4.78 is 12.9. The van der Waals surface area contributed by atoms with E-state index >= 15 is 0 Å². The average molecular weight is 343 g/mol. The van der Waals surface area contributed by atoms with Crippen molar-refractivity contribution >= 4 is 5.91 Å². The Balaban J connectivity index is 1.69. The Morgan fingerprint density at radius 2 is 2.20 bits per heavy atom. The lowest BCUT2D eigenvalue weighted by atomic mass is 10.1. The number of amides is 1. The quantitative estimate of drug-likeness (QED) is 0.830. The van der Waals surface area contributed by atoms with E-state index in [2.05, 4.69) is 19.7 Å². The van der Waals surface area contributed by atoms with Crippen molar-refractivity contribution in [2.45, 2.75) is 38.0 Å². The predicted octanol–water partition coefficient (Wildman–Crippen LogP) is 1.23. The van der Waals surface area contributed by atoms with Crippen LogP contribution < -0.4 is 4.74 Å². The van der Waals surface area contributed by atoms with Gasteiger partial charge in [0, 0.05) is 39.2 Å². The maximum atomic E-state index is 13.2. The number of ether oxygens (including phenoxy) is 2. The van der Waals surface area contributed by atoms with Crippen LogP contribution in [0.5, 0.6) is 5.88 Å². The van der Waals surface area contributed by atoms with Crippen LogP contribution in [-0.2, 0) is 17.7 Å². The molecule has 4 rings (SSSR count). The number of hydrogen-bond acceptors (Lipinski definition) is 6. The summed E-state index contributed by atoms with van der Waals surface area (Å²) in [6.07, 6.45) is 4.31. The van der Waals surface area contributed by atoms with Crippen molar-refractivity contribution in [3.63, 3.8) is 0 Å². The molecular formula is C17H21N5O3. The molecule has 0 spiro atoms. The Bertz CT molecular complexity index is 790. The first-order valence-electron chi connectivity index (χ1n) is 8.47. The number of likely N-dealkylation sites (tertiary alicyclic amines) is 1. The van der Waals surface area contributed by atoms with Gasteiger partial charge in [-0.3, -0.25) is 4.79 Å². The molecule has 0 radical (unpaired) electrons. The molecule has 0 saturated carbocycles. The number of carbonyl (C=O) groups is 1. The molecule has 0 N–H and O–H groups in total. The first-order chi connectivity index (χ1) is 12.2. The Kier molecular flexibility index (Phi) is 4.12. The van der Waals surface area contributed by atoms with Gasteiger partial charge in [0.1, 0.15) is 11.4 Å². The van der Waals surface area contributed by atoms with Crippen LogP contribution in [0, 0.1) is 0 Å². The van der Waals surface area contributed by atoms with Crippen LogP contribution in [-0.4, -0.2) is 57.4 Å². The maximum Gasteiger partial charge on any atom is 0.260 e. The second-order valence-corrected chi connectivity index (χ2v) is 6.36. The van der Waals surface area contributed by atoms with Crippen molar-refractivity contribution in [3.05, 3.63) is 35.5 Å². The summed E-state index contributed by atoms with van der Waals surface area (Å²) in [6, 6.07) is 3.32. The van der Waals surface area contributed by atoms with Gasteiger partial charge in [-0.1, -0.05) is 0 Å². The summed E-state index contributed by atoms with van der Waals surface area (Å²) in [5.74, 6) is 2.06. The van der Waals surface area contributed by atoms with Crippen LogP contribution in [0.2, 0.25) is 0 Å². The largest absolute Gasteiger partial charge is 0.480 e. The van der Waals surface area contributed by atoms with Crippen LogP contribution in [0.4, 0.5) is 0 Å². The minimum Gasteiger partial charge on any atom is -0.480 e. The molecule has 4 heterocycles. The fraction of sp³-hybridized carbons (Fsp3) is 0.529. The minimum absolute atomic E-state index is 0.0223. The summed E-state index contributed by atoms with van der Waals surface area (Å²) in [6.45, 7) is 1.42. The molecule has 2 aromatic heterocycles. The van der Waals surface area contributed by atoms with Crippen LogP contribution >= 0.6 is 0 Å². The lowest BCUT2D eigenvalue weighted by molar-refractivity contribution is 0.0678. The van der Waals surface area contributed by atoms with Gasteiger partial charge < -0.3 is 18.9 Å². The van der Waals surface area contributed by atoms with Crippen molar-refractivity contribution in [3.8, 4) is 5.88 Å². The Hall–Kier alpha value is -2.48. The second kappa shape index (κ2) is 6.44. The third kappa shape index (κ3) is 2.66. The summed E-state index contributed by atoms with van der Waals surface area (Å²) in [5.41, 5.74) is 0.452. The molecule has 0 unspecified atom stereocenters. The Morgan fingerprint density at radius 3 is 3.00 bits per heavy atom. The van der Waals surface area contributed by atoms with Gasteiger partial charge in [0.25, 0.3) is 5.91 Å². The summed E-state index contributed by atoms with van der Waals surface area (Å²) in [5, 5.41) is 8.66. The van der Waals surface area contributed by atoms with Crippen molar-refractivity contribution in [2.75, 3.05) is 20.8 Å². The van der Waals surface area contributed by atoms with E-state index in [4.69, 9.17) is 9.47 Å². The minimum atomic E-state index is -0.151. The van der Waals surface area contributed by atoms with Gasteiger partial charge in [-0.15, -0.1) is 10.2 Å². The fourth-order valence-corrected chi connectivity index (χ4v) is 3.73. The summed E-state index contributed by atoms with van der Waals surface area (Å²) >= 11 is 0. The molecule has 0 aliphatic carbocycles. The normalized spacial score (nSPS) is 22.2. The molecule has 132 valence electrons. The number of aromatic nitrogens is 4. The molecule has 8 nitrogen and oxygen atoms in total. The van der Waals surface area contributed by atoms with E-state index < -0.39 is 0 Å². The van der Waals surface area contributed by atoms with Gasteiger partial charge in [-0.05, 0) is 18.6 Å². The molecule has 1 fully saturated rings. The lowest BCUT2D eigenvalue weighted by Crippen LogP contribution is -2.33. The molecule has 2 atom stereocenters. The number of fused-ring (bicyclic) bond motifs is 1. The molecule has 8 heteroatoms. The van der Waals surface area contributed by atoms with Crippen molar-refractivity contribution in [1.29, 1.82) is 0 Å². The van der Waals surface area contributed by atoms with E-state index in [9.17, 15) is 4.79 Å². The molecule has 2 aliphatic rings. The van der Waals surface area contributed by atoms with Crippen LogP contribution in [0.3, 0.4) is 0 Å². The monoisotopic (exact) mass is 343 g/mol. The first kappa shape index (κ1) is 16.0. The number of nitrogens with zero attached hydrogens (tertiary/aromatic N) is 5. The molecule has 25 heavy (non-hydrogen) atoms. The lowest BCUT2D eigenvalue weighted by Gasteiger charge is -2.24. The average Bonchev–Trinajstić information content (AvgIpc) is 3.35. The van der Waals surface area contributed by atoms with Crippen molar-refractivity contribution in [1.82, 2.24) is 24.6 Å². The number of methoxy groups -OCH3 is 2. The van der Waals surface area contributed by atoms with E-state index in [0.29, 0.717) is 24.4 Å². The van der Waals surface area contributed by atoms with E-state index in [1.54, 1.807) is 25.4 Å². The smallest absolute Gasteiger partial charge is 0.260 e. The van der Waals surface area contributed by atoms with Crippen LogP contribution in [0.1, 0.15) is 40.9 Å². The topological polar surface area (TPSA) is 82.4 Å². The SMILES string of the molecule is COc1ncccc1C(=O)N1C[C@H](OC)C[C@H]1c1nnc2n1CCC2. The molecule has 1 saturated heterocycles. The van der Waals surface area contributed by atoms with E-state index in [1.165, 1.54) is 7.11 Å². The number of pyridine rings is 1. The third-order valence-electron chi connectivity index (χ3n) is 4.99. The van der Waals surface area contributed by atoms with Crippen molar-refractivity contribution < 1.29 is 14.3 Å². The zero-order valence-electron chi connectivity index (χ0n) is 14.4. The highest BCUT2D eigenvalue weighted by atomic mass is 16.5. The highest BCUT2D eigenvalue weighted by molar-refractivity contribution is 5.96. The molecule has 0 bridgehead atoms. The number of carbonyl (C=O) groups excluding carboxylic acids is 1. The zero-order chi connectivity index (χ0) is 17.4. The number of hydrogen-bond donors (Lipinski definition) is 0. The number of aryl methyl sites for hydroxylation is 1. The van der Waals surface area contributed by atoms with Crippen LogP contribution in [0.25, 0.3) is 0 Å². The molecule has 0 aromatic carbocycles. The predicted molar refractivity (Wildman–Crippen MR) is 88.3 cm³/mol. The van der Waals surface area contributed by atoms with Gasteiger partial charge in [-0.25, -0.2) is 4.98 Å². The zero-order valence-corrected chi connectivity index (χ0v) is 14.4. The van der Waals surface area contributed by atoms with Crippen molar-refractivity contribution in [2.24, 2.45) is 0 Å². The maximum absolute atomic E-state index is 13.2. The van der Waals surface area contributed by atoms with Crippen LogP contribution in [0.15, 0.2) is 18.3 Å². The van der Waals surface area contributed by atoms with Gasteiger partial charge >= 0.3 is 0 Å². The highest BCUT2D eigenvalue weighted by Crippen LogP contribution is 2.35. The van der Waals surface area contributed by atoms with E-state index in [0.717, 1.165) is 31.0 Å². The van der Waals surface area contributed by atoms with Gasteiger partial charge in [0.05, 0.1) is 19.3 Å². The standard InChI is InChI=1S/C17H21N5O3/c1-24-11-9-13(15-20-19-14-6-4-8-21(14)15)22(10-11)17(23)12-5-3-7-18-16(12)25-2/h3,5,7,11,13H,4,6,8-10H2,1-2H3/t11-,13+/m1/s1. The molecular weight excluding hydrogens is 322 g/mol. The molecule has 1 amide bonds. The fourth-order valence-electron chi connectivity index (χ4n) is 3.73. The second-order valence-electron chi connectivity index (χ2n) is 6.36. The summed E-state index contributed by atoms with van der Waals surface area (Å²) in [7, 11) is 3.19. The molecule has 2 aromatic rings. The molecule has 2 aliphatic heterocycles. The summed E-state index contributed by atoms with van der Waals surface area (Å²) in [4.78, 5) is 19.1. The highest BCUT2D eigenvalue weighted by Gasteiger charge is 2.41. The van der Waals surface area contributed by atoms with E-state index in [-0.39, 0.29) is 18.1 Å². The first-order valence-corrected chi connectivity index (χ1v) is 8.47. The Labute approximate surface area is 145 Å². The van der Waals surface area contributed by atoms with Gasteiger partial charge in [0.2, 0.25) is 5.88 Å². The van der Waals surface area contributed by atoms with E-state index in [1.807, 2.05) is 4.90 Å². The van der Waals surface area contributed by atoms with Gasteiger partial charge in [-0.2, -0.15) is 0 Å². The number of rotatable bonds is 4. The third-order valence-corrected chi connectivity index (χ3v) is 4.99. The van der Waals surface area contributed by atoms with Gasteiger partial charge in [0.15, 0.2) is 5.82 Å². The Morgan fingerprint density at radius 1 is 1.32 bits per heavy atom.